The number of benzene rings is 2. The van der Waals surface area contributed by atoms with Gasteiger partial charge < -0.3 is 9.32 Å². The number of aromatic nitrogens is 1. The molecule has 0 radical (unpaired) electrons. The van der Waals surface area contributed by atoms with Crippen molar-refractivity contribution in [3.8, 4) is 0 Å². The molecule has 0 aliphatic carbocycles. The van der Waals surface area contributed by atoms with Crippen molar-refractivity contribution < 1.29 is 13.6 Å². The molecule has 0 N–H and O–H groups in total. The van der Waals surface area contributed by atoms with E-state index in [0.717, 1.165) is 23.4 Å². The number of furan rings is 1. The second-order valence-electron chi connectivity index (χ2n) is 7.28. The summed E-state index contributed by atoms with van der Waals surface area (Å²) < 4.78 is 20.5. The van der Waals surface area contributed by atoms with E-state index in [0.29, 0.717) is 41.3 Å². The Hall–Kier alpha value is -2.73. The number of fused-ring (bicyclic) bond motifs is 2. The van der Waals surface area contributed by atoms with Gasteiger partial charge in [-0.15, -0.1) is 11.3 Å². The summed E-state index contributed by atoms with van der Waals surface area (Å²) in [6.45, 7) is 3.15. The summed E-state index contributed by atoms with van der Waals surface area (Å²) in [6.07, 6.45) is 1.78. The normalized spacial score (nSPS) is 15.6. The maximum absolute atomic E-state index is 13.5. The standard InChI is InChI=1S/C22H19FN2O2S/c1-13-16-12-15(23)6-7-18(16)27-20(13)22(26)25-10-8-14(9-11-25)21-24-17-4-2-3-5-19(17)28-21/h2-7,12,14H,8-11H2,1H3. The van der Waals surface area contributed by atoms with Crippen LogP contribution < -0.4 is 0 Å². The molecule has 1 fully saturated rings. The molecular formula is C22H19FN2O2S. The van der Waals surface area contributed by atoms with E-state index in [9.17, 15) is 9.18 Å². The molecule has 4 nitrogen and oxygen atoms in total. The second-order valence-corrected chi connectivity index (χ2v) is 8.35. The maximum atomic E-state index is 13.5. The molecule has 2 aromatic carbocycles. The van der Waals surface area contributed by atoms with Crippen LogP contribution in [0.4, 0.5) is 4.39 Å². The zero-order valence-electron chi connectivity index (χ0n) is 15.4. The zero-order chi connectivity index (χ0) is 19.3. The van der Waals surface area contributed by atoms with Crippen LogP contribution in [0.2, 0.25) is 0 Å². The number of aryl methyl sites for hydroxylation is 1. The third-order valence-electron chi connectivity index (χ3n) is 5.53. The number of hydrogen-bond donors (Lipinski definition) is 0. The summed E-state index contributed by atoms with van der Waals surface area (Å²) >= 11 is 1.75. The van der Waals surface area contributed by atoms with Crippen LogP contribution in [0.1, 0.15) is 39.9 Å². The monoisotopic (exact) mass is 394 g/mol. The predicted octanol–water partition coefficient (Wildman–Crippen LogP) is 5.51. The molecule has 0 atom stereocenters. The van der Waals surface area contributed by atoms with Crippen LogP contribution in [0.5, 0.6) is 0 Å². The summed E-state index contributed by atoms with van der Waals surface area (Å²) in [7, 11) is 0. The second kappa shape index (κ2) is 6.71. The van der Waals surface area contributed by atoms with Crippen molar-refractivity contribution in [1.82, 2.24) is 9.88 Å². The predicted molar refractivity (Wildman–Crippen MR) is 108 cm³/mol. The lowest BCUT2D eigenvalue weighted by Gasteiger charge is -2.30. The first-order chi connectivity index (χ1) is 13.6. The first kappa shape index (κ1) is 17.4. The van der Waals surface area contributed by atoms with Gasteiger partial charge in [0.05, 0.1) is 15.2 Å². The Morgan fingerprint density at radius 2 is 2.00 bits per heavy atom. The Balaban J connectivity index is 1.34. The van der Waals surface area contributed by atoms with Gasteiger partial charge >= 0.3 is 0 Å². The van der Waals surface area contributed by atoms with Gasteiger partial charge in [0.15, 0.2) is 5.76 Å². The summed E-state index contributed by atoms with van der Waals surface area (Å²) in [6, 6.07) is 12.5. The first-order valence-corrected chi connectivity index (χ1v) is 10.2. The fourth-order valence-electron chi connectivity index (χ4n) is 3.93. The molecule has 1 aliphatic heterocycles. The Morgan fingerprint density at radius 1 is 1.21 bits per heavy atom. The number of carbonyl (C=O) groups excluding carboxylic acids is 1. The van der Waals surface area contributed by atoms with E-state index in [1.807, 2.05) is 30.0 Å². The van der Waals surface area contributed by atoms with E-state index in [2.05, 4.69) is 6.07 Å². The molecule has 28 heavy (non-hydrogen) atoms. The van der Waals surface area contributed by atoms with Crippen molar-refractivity contribution in [2.24, 2.45) is 0 Å². The van der Waals surface area contributed by atoms with Gasteiger partial charge in [-0.05, 0) is 50.1 Å². The molecule has 4 aromatic rings. The summed E-state index contributed by atoms with van der Waals surface area (Å²) in [4.78, 5) is 19.6. The van der Waals surface area contributed by atoms with Crippen molar-refractivity contribution >= 4 is 38.4 Å². The minimum Gasteiger partial charge on any atom is -0.451 e. The van der Waals surface area contributed by atoms with Crippen molar-refractivity contribution in [3.63, 3.8) is 0 Å². The number of nitrogens with zero attached hydrogens (tertiary/aromatic N) is 2. The van der Waals surface area contributed by atoms with Crippen molar-refractivity contribution in [3.05, 3.63) is 64.6 Å². The Morgan fingerprint density at radius 3 is 2.79 bits per heavy atom. The van der Waals surface area contributed by atoms with Crippen molar-refractivity contribution in [2.75, 3.05) is 13.1 Å². The lowest BCUT2D eigenvalue weighted by atomic mass is 9.97. The highest BCUT2D eigenvalue weighted by Gasteiger charge is 2.29. The van der Waals surface area contributed by atoms with Crippen molar-refractivity contribution in [2.45, 2.75) is 25.7 Å². The Bertz CT molecular complexity index is 1150. The minimum absolute atomic E-state index is 0.114. The number of para-hydroxylation sites is 1. The van der Waals surface area contributed by atoms with E-state index in [-0.39, 0.29) is 11.7 Å². The van der Waals surface area contributed by atoms with Gasteiger partial charge in [0.25, 0.3) is 5.91 Å². The Kier molecular flexibility index (Phi) is 4.16. The molecule has 1 aliphatic rings. The SMILES string of the molecule is Cc1c(C(=O)N2CCC(c3nc4ccccc4s3)CC2)oc2ccc(F)cc12. The van der Waals surface area contributed by atoms with E-state index in [1.165, 1.54) is 16.8 Å². The van der Waals surface area contributed by atoms with Gasteiger partial charge in [0.2, 0.25) is 0 Å². The van der Waals surface area contributed by atoms with Crippen molar-refractivity contribution in [1.29, 1.82) is 0 Å². The fraction of sp³-hybridized carbons (Fsp3) is 0.273. The summed E-state index contributed by atoms with van der Waals surface area (Å²) in [5.74, 6) is 0.259. The average molecular weight is 394 g/mol. The highest BCUT2D eigenvalue weighted by Crippen LogP contribution is 2.35. The maximum Gasteiger partial charge on any atom is 0.289 e. The van der Waals surface area contributed by atoms with Gasteiger partial charge in [-0.2, -0.15) is 0 Å². The molecule has 142 valence electrons. The lowest BCUT2D eigenvalue weighted by Crippen LogP contribution is -2.38. The number of thiazole rings is 1. The molecule has 5 rings (SSSR count). The van der Waals surface area contributed by atoms with E-state index in [4.69, 9.17) is 9.40 Å². The quantitative estimate of drug-likeness (QED) is 0.450. The van der Waals surface area contributed by atoms with Crippen LogP contribution in [0.3, 0.4) is 0 Å². The third kappa shape index (κ3) is 2.88. The molecular weight excluding hydrogens is 375 g/mol. The smallest absolute Gasteiger partial charge is 0.289 e. The number of likely N-dealkylation sites (tertiary alicyclic amines) is 1. The lowest BCUT2D eigenvalue weighted by molar-refractivity contribution is 0.0682. The highest BCUT2D eigenvalue weighted by molar-refractivity contribution is 7.18. The zero-order valence-corrected chi connectivity index (χ0v) is 16.3. The number of carbonyl (C=O) groups is 1. The fourth-order valence-corrected chi connectivity index (χ4v) is 5.07. The van der Waals surface area contributed by atoms with Crippen LogP contribution >= 0.6 is 11.3 Å². The van der Waals surface area contributed by atoms with Gasteiger partial charge in [-0.3, -0.25) is 4.79 Å². The molecule has 0 saturated carbocycles. The van der Waals surface area contributed by atoms with E-state index in [1.54, 1.807) is 17.4 Å². The van der Waals surface area contributed by atoms with Gasteiger partial charge in [-0.1, -0.05) is 12.1 Å². The number of piperidine rings is 1. The van der Waals surface area contributed by atoms with Crippen LogP contribution in [0.15, 0.2) is 46.9 Å². The van der Waals surface area contributed by atoms with Gasteiger partial charge in [0, 0.05) is 30.0 Å². The van der Waals surface area contributed by atoms with Crippen LogP contribution in [0.25, 0.3) is 21.2 Å². The number of amides is 1. The largest absolute Gasteiger partial charge is 0.451 e. The first-order valence-electron chi connectivity index (χ1n) is 9.43. The average Bonchev–Trinajstić information content (AvgIpc) is 3.29. The highest BCUT2D eigenvalue weighted by atomic mass is 32.1. The number of rotatable bonds is 2. The molecule has 1 amide bonds. The molecule has 0 spiro atoms. The molecule has 2 aromatic heterocycles. The number of halogens is 1. The minimum atomic E-state index is -0.327. The summed E-state index contributed by atoms with van der Waals surface area (Å²) in [5, 5.41) is 1.82. The topological polar surface area (TPSA) is 46.3 Å². The third-order valence-corrected chi connectivity index (χ3v) is 6.73. The van der Waals surface area contributed by atoms with Crippen LogP contribution in [-0.2, 0) is 0 Å². The van der Waals surface area contributed by atoms with E-state index < -0.39 is 0 Å². The van der Waals surface area contributed by atoms with Crippen LogP contribution in [0, 0.1) is 12.7 Å². The Labute approximate surface area is 165 Å². The summed E-state index contributed by atoms with van der Waals surface area (Å²) in [5.41, 5.74) is 2.30. The van der Waals surface area contributed by atoms with Crippen LogP contribution in [-0.4, -0.2) is 28.9 Å². The van der Waals surface area contributed by atoms with Gasteiger partial charge in [-0.25, -0.2) is 9.37 Å². The number of hydrogen-bond acceptors (Lipinski definition) is 4. The molecule has 0 unspecified atom stereocenters. The molecule has 3 heterocycles. The molecule has 0 bridgehead atoms. The molecule has 1 saturated heterocycles. The van der Waals surface area contributed by atoms with Gasteiger partial charge in [0.1, 0.15) is 11.4 Å². The van der Waals surface area contributed by atoms with E-state index >= 15 is 0 Å². The molecule has 6 heteroatoms.